The fourth-order valence-electron chi connectivity index (χ4n) is 3.16. The van der Waals surface area contributed by atoms with Gasteiger partial charge in [-0.25, -0.2) is 8.42 Å². The summed E-state index contributed by atoms with van der Waals surface area (Å²) in [5.41, 5.74) is 6.83. The summed E-state index contributed by atoms with van der Waals surface area (Å²) in [6, 6.07) is 12.4. The number of aliphatic imine (C=N–C) groups is 1. The average molecular weight is 429 g/mol. The maximum Gasteiger partial charge on any atom is 0.263 e. The molecule has 0 saturated carbocycles. The van der Waals surface area contributed by atoms with Gasteiger partial charge in [-0.1, -0.05) is 44.5 Å². The van der Waals surface area contributed by atoms with Gasteiger partial charge in [0.1, 0.15) is 11.9 Å². The van der Waals surface area contributed by atoms with Crippen LogP contribution in [0, 0.1) is 5.92 Å². The number of carbonyl (C=O) groups is 2. The Labute approximate surface area is 175 Å². The summed E-state index contributed by atoms with van der Waals surface area (Å²) < 4.78 is 27.1. The lowest BCUT2D eigenvalue weighted by Crippen LogP contribution is -2.39. The summed E-state index contributed by atoms with van der Waals surface area (Å²) in [6.07, 6.45) is 0.681. The first-order chi connectivity index (χ1) is 14.2. The molecule has 1 aliphatic heterocycles. The van der Waals surface area contributed by atoms with E-state index in [1.807, 2.05) is 13.8 Å². The van der Waals surface area contributed by atoms with Gasteiger partial charge in [-0.3, -0.25) is 19.3 Å². The summed E-state index contributed by atoms with van der Waals surface area (Å²) in [5.74, 6) is -0.822. The molecule has 3 rings (SSSR count). The number of rotatable bonds is 7. The monoisotopic (exact) mass is 428 g/mol. The fraction of sp³-hybridized carbons (Fsp3) is 0.286. The Morgan fingerprint density at radius 2 is 1.90 bits per heavy atom. The van der Waals surface area contributed by atoms with Crippen LogP contribution in [0.25, 0.3) is 0 Å². The average Bonchev–Trinajstić information content (AvgIpc) is 3.00. The van der Waals surface area contributed by atoms with Crippen LogP contribution in [-0.2, 0) is 21.4 Å². The molecule has 0 aromatic heterocycles. The van der Waals surface area contributed by atoms with Crippen molar-refractivity contribution in [3.05, 3.63) is 65.2 Å². The van der Waals surface area contributed by atoms with Gasteiger partial charge in [0.15, 0.2) is 0 Å². The molecule has 2 atom stereocenters. The van der Waals surface area contributed by atoms with Crippen LogP contribution in [0.5, 0.6) is 0 Å². The number of nitrogens with zero attached hydrogens (tertiary/aromatic N) is 1. The van der Waals surface area contributed by atoms with Gasteiger partial charge in [0, 0.05) is 17.7 Å². The van der Waals surface area contributed by atoms with Gasteiger partial charge < -0.3 is 11.1 Å². The fourth-order valence-corrected chi connectivity index (χ4v) is 4.40. The van der Waals surface area contributed by atoms with Crippen molar-refractivity contribution in [1.82, 2.24) is 10.0 Å². The number of fused-ring (bicyclic) bond motifs is 1. The molecular weight excluding hydrogens is 404 g/mol. The highest BCUT2D eigenvalue weighted by Crippen LogP contribution is 2.24. The first-order valence-corrected chi connectivity index (χ1v) is 11.1. The number of hydrogen-bond donors (Lipinski definition) is 3. The molecule has 0 fully saturated rings. The normalized spacial score (nSPS) is 17.6. The van der Waals surface area contributed by atoms with Crippen molar-refractivity contribution in [3.8, 4) is 0 Å². The molecule has 8 nitrogen and oxygen atoms in total. The van der Waals surface area contributed by atoms with Crippen molar-refractivity contribution in [1.29, 1.82) is 0 Å². The lowest BCUT2D eigenvalue weighted by Gasteiger charge is -2.19. The SMILES string of the molecule is CC[C@H](C)[C@H](N=C1NS(=O)(=O)c2ccccc21)C(=O)NCc1cccc(C(N)=O)c1. The molecule has 0 radical (unpaired) electrons. The van der Waals surface area contributed by atoms with Gasteiger partial charge in [0.2, 0.25) is 11.8 Å². The molecule has 30 heavy (non-hydrogen) atoms. The van der Waals surface area contributed by atoms with E-state index in [0.29, 0.717) is 17.5 Å². The van der Waals surface area contributed by atoms with Crippen LogP contribution in [0.15, 0.2) is 58.4 Å². The number of benzene rings is 2. The zero-order valence-corrected chi connectivity index (χ0v) is 17.6. The van der Waals surface area contributed by atoms with Crippen LogP contribution < -0.4 is 15.8 Å². The summed E-state index contributed by atoms with van der Waals surface area (Å²) in [7, 11) is -3.68. The molecule has 0 unspecified atom stereocenters. The van der Waals surface area contributed by atoms with Gasteiger partial charge in [-0.15, -0.1) is 0 Å². The van der Waals surface area contributed by atoms with E-state index >= 15 is 0 Å². The Balaban J connectivity index is 1.83. The predicted molar refractivity (Wildman–Crippen MR) is 113 cm³/mol. The molecule has 0 spiro atoms. The quantitative estimate of drug-likeness (QED) is 0.617. The van der Waals surface area contributed by atoms with E-state index in [0.717, 1.165) is 5.56 Å². The lowest BCUT2D eigenvalue weighted by atomic mass is 9.98. The third-order valence-electron chi connectivity index (χ3n) is 5.06. The van der Waals surface area contributed by atoms with Crippen molar-refractivity contribution < 1.29 is 18.0 Å². The summed E-state index contributed by atoms with van der Waals surface area (Å²) in [4.78, 5) is 28.9. The van der Waals surface area contributed by atoms with Gasteiger partial charge in [0.25, 0.3) is 10.0 Å². The number of amides is 2. The summed E-state index contributed by atoms with van der Waals surface area (Å²) in [6.45, 7) is 4.02. The number of primary amides is 1. The molecule has 2 amide bonds. The van der Waals surface area contributed by atoms with Crippen molar-refractivity contribution in [3.63, 3.8) is 0 Å². The Morgan fingerprint density at radius 3 is 2.60 bits per heavy atom. The van der Waals surface area contributed by atoms with Crippen molar-refractivity contribution in [2.75, 3.05) is 0 Å². The largest absolute Gasteiger partial charge is 0.366 e. The minimum absolute atomic E-state index is 0.119. The maximum absolute atomic E-state index is 12.9. The molecule has 2 aromatic rings. The Morgan fingerprint density at radius 1 is 1.17 bits per heavy atom. The highest BCUT2D eigenvalue weighted by molar-refractivity contribution is 7.90. The van der Waals surface area contributed by atoms with Gasteiger partial charge >= 0.3 is 0 Å². The van der Waals surface area contributed by atoms with Crippen molar-refractivity contribution in [2.24, 2.45) is 16.6 Å². The van der Waals surface area contributed by atoms with Crippen LogP contribution in [0.1, 0.15) is 41.8 Å². The van der Waals surface area contributed by atoms with Gasteiger partial charge in [-0.05, 0) is 35.7 Å². The topological polar surface area (TPSA) is 131 Å². The highest BCUT2D eigenvalue weighted by atomic mass is 32.2. The summed E-state index contributed by atoms with van der Waals surface area (Å²) in [5, 5.41) is 2.82. The van der Waals surface area contributed by atoms with Crippen LogP contribution >= 0.6 is 0 Å². The zero-order valence-electron chi connectivity index (χ0n) is 16.8. The van der Waals surface area contributed by atoms with Crippen LogP contribution in [0.4, 0.5) is 0 Å². The third kappa shape index (κ3) is 4.51. The summed E-state index contributed by atoms with van der Waals surface area (Å²) >= 11 is 0. The minimum Gasteiger partial charge on any atom is -0.366 e. The van der Waals surface area contributed by atoms with E-state index in [1.165, 1.54) is 6.07 Å². The second-order valence-corrected chi connectivity index (χ2v) is 8.84. The van der Waals surface area contributed by atoms with E-state index < -0.39 is 22.0 Å². The van der Waals surface area contributed by atoms with Crippen molar-refractivity contribution >= 4 is 27.7 Å². The van der Waals surface area contributed by atoms with Gasteiger partial charge in [0.05, 0.1) is 4.90 Å². The van der Waals surface area contributed by atoms with E-state index in [2.05, 4.69) is 15.0 Å². The molecule has 0 saturated heterocycles. The van der Waals surface area contributed by atoms with E-state index in [1.54, 1.807) is 42.5 Å². The van der Waals surface area contributed by atoms with Crippen LogP contribution in [0.3, 0.4) is 0 Å². The molecule has 1 aliphatic rings. The molecular formula is C21H24N4O4S. The number of carbonyl (C=O) groups excluding carboxylic acids is 2. The minimum atomic E-state index is -3.68. The molecule has 9 heteroatoms. The number of nitrogens with two attached hydrogens (primary N) is 1. The van der Waals surface area contributed by atoms with Gasteiger partial charge in [-0.2, -0.15) is 0 Å². The Hall–Kier alpha value is -3.20. The predicted octanol–water partition coefficient (Wildman–Crippen LogP) is 1.56. The van der Waals surface area contributed by atoms with Crippen LogP contribution in [0.2, 0.25) is 0 Å². The molecule has 0 aliphatic carbocycles. The number of nitrogens with one attached hydrogen (secondary N) is 2. The highest BCUT2D eigenvalue weighted by Gasteiger charge is 2.33. The second-order valence-electron chi connectivity index (χ2n) is 7.19. The van der Waals surface area contributed by atoms with Crippen LogP contribution in [-0.4, -0.2) is 32.1 Å². The first-order valence-electron chi connectivity index (χ1n) is 9.59. The maximum atomic E-state index is 12.9. The standard InChI is InChI=1S/C21H24N4O4S/c1-3-13(2)18(21(27)23-12-14-7-6-8-15(11-14)19(22)26)24-20-16-9-4-5-10-17(16)30(28,29)25-20/h4-11,13,18H,3,12H2,1-2H3,(H2,22,26)(H,23,27)(H,24,25)/t13-,18-/m0/s1. The van der Waals surface area contributed by atoms with E-state index in [9.17, 15) is 18.0 Å². The van der Waals surface area contributed by atoms with E-state index in [-0.39, 0.29) is 29.1 Å². The Kier molecular flexibility index (Phi) is 6.21. The third-order valence-corrected chi connectivity index (χ3v) is 6.46. The smallest absolute Gasteiger partial charge is 0.263 e. The molecule has 2 aromatic carbocycles. The molecule has 0 bridgehead atoms. The number of sulfonamides is 1. The van der Waals surface area contributed by atoms with E-state index in [4.69, 9.17) is 5.73 Å². The molecule has 158 valence electrons. The molecule has 4 N–H and O–H groups in total. The second kappa shape index (κ2) is 8.66. The Bertz CT molecular complexity index is 1110. The zero-order chi connectivity index (χ0) is 21.9. The molecule has 1 heterocycles. The van der Waals surface area contributed by atoms with Crippen molar-refractivity contribution in [2.45, 2.75) is 37.8 Å². The number of amidine groups is 1. The lowest BCUT2D eigenvalue weighted by molar-refractivity contribution is -0.123. The first kappa shape index (κ1) is 21.5. The number of hydrogen-bond acceptors (Lipinski definition) is 5.